The fourth-order valence-corrected chi connectivity index (χ4v) is 3.12. The van der Waals surface area contributed by atoms with Crippen LogP contribution in [0.3, 0.4) is 0 Å². The van der Waals surface area contributed by atoms with Crippen molar-refractivity contribution in [1.82, 2.24) is 5.32 Å². The number of carbonyl (C=O) groups excluding carboxylic acids is 1. The van der Waals surface area contributed by atoms with Crippen LogP contribution >= 0.6 is 15.9 Å². The van der Waals surface area contributed by atoms with E-state index in [1.54, 1.807) is 0 Å². The number of rotatable bonds is 4. The SMILES string of the molecule is O=C(NC1CC(c2cccc(Br)c2)C1)OCc1ccccc1. The second-order valence-electron chi connectivity index (χ2n) is 5.63. The van der Waals surface area contributed by atoms with E-state index in [1.807, 2.05) is 42.5 Å². The first-order valence-corrected chi connectivity index (χ1v) is 8.22. The number of benzene rings is 2. The molecule has 1 fully saturated rings. The van der Waals surface area contributed by atoms with Crippen LogP contribution in [0.1, 0.15) is 29.9 Å². The quantitative estimate of drug-likeness (QED) is 0.864. The Kier molecular flexibility index (Phi) is 4.78. The molecule has 0 spiro atoms. The van der Waals surface area contributed by atoms with E-state index in [-0.39, 0.29) is 12.1 Å². The summed E-state index contributed by atoms with van der Waals surface area (Å²) in [4.78, 5) is 11.8. The van der Waals surface area contributed by atoms with Crippen LogP contribution in [-0.2, 0) is 11.3 Å². The van der Waals surface area contributed by atoms with Gasteiger partial charge in [0.1, 0.15) is 6.61 Å². The monoisotopic (exact) mass is 359 g/mol. The lowest BCUT2D eigenvalue weighted by atomic mass is 9.76. The molecule has 22 heavy (non-hydrogen) atoms. The molecule has 0 unspecified atom stereocenters. The van der Waals surface area contributed by atoms with Crippen LogP contribution in [0.5, 0.6) is 0 Å². The lowest BCUT2D eigenvalue weighted by Crippen LogP contribution is -2.43. The van der Waals surface area contributed by atoms with Crippen molar-refractivity contribution in [1.29, 1.82) is 0 Å². The van der Waals surface area contributed by atoms with Crippen molar-refractivity contribution < 1.29 is 9.53 Å². The van der Waals surface area contributed by atoms with E-state index in [2.05, 4.69) is 33.4 Å². The lowest BCUT2D eigenvalue weighted by Gasteiger charge is -2.35. The fourth-order valence-electron chi connectivity index (χ4n) is 2.70. The summed E-state index contributed by atoms with van der Waals surface area (Å²) in [6.07, 6.45) is 1.61. The molecule has 0 aromatic heterocycles. The Balaban J connectivity index is 1.41. The highest BCUT2D eigenvalue weighted by atomic mass is 79.9. The standard InChI is InChI=1S/C18H18BrNO2/c19-16-8-4-7-14(9-16)15-10-17(11-15)20-18(21)22-12-13-5-2-1-3-6-13/h1-9,15,17H,10-12H2,(H,20,21). The van der Waals surface area contributed by atoms with E-state index in [4.69, 9.17) is 4.74 Å². The van der Waals surface area contributed by atoms with Gasteiger partial charge in [-0.05, 0) is 42.0 Å². The van der Waals surface area contributed by atoms with E-state index in [9.17, 15) is 4.79 Å². The Bertz CT molecular complexity index is 639. The fraction of sp³-hybridized carbons (Fsp3) is 0.278. The molecule has 4 heteroatoms. The van der Waals surface area contributed by atoms with Gasteiger partial charge in [0.15, 0.2) is 0 Å². The van der Waals surface area contributed by atoms with Crippen LogP contribution in [-0.4, -0.2) is 12.1 Å². The van der Waals surface area contributed by atoms with Gasteiger partial charge >= 0.3 is 6.09 Å². The molecule has 1 amide bonds. The highest BCUT2D eigenvalue weighted by Gasteiger charge is 2.31. The lowest BCUT2D eigenvalue weighted by molar-refractivity contribution is 0.127. The highest BCUT2D eigenvalue weighted by molar-refractivity contribution is 9.10. The number of alkyl carbamates (subject to hydrolysis) is 1. The molecule has 2 aromatic rings. The second kappa shape index (κ2) is 6.97. The van der Waals surface area contributed by atoms with Crippen molar-refractivity contribution in [3.8, 4) is 0 Å². The third-order valence-electron chi connectivity index (χ3n) is 3.99. The van der Waals surface area contributed by atoms with Gasteiger partial charge in [0.2, 0.25) is 0 Å². The maximum absolute atomic E-state index is 11.8. The average Bonchev–Trinajstić information content (AvgIpc) is 2.49. The van der Waals surface area contributed by atoms with Crippen LogP contribution in [0.15, 0.2) is 59.1 Å². The van der Waals surface area contributed by atoms with Gasteiger partial charge in [-0.15, -0.1) is 0 Å². The zero-order valence-electron chi connectivity index (χ0n) is 12.2. The minimum atomic E-state index is -0.332. The number of ether oxygens (including phenoxy) is 1. The van der Waals surface area contributed by atoms with Gasteiger partial charge < -0.3 is 10.1 Å². The normalized spacial score (nSPS) is 20.0. The Morgan fingerprint density at radius 3 is 2.64 bits per heavy atom. The molecule has 1 aliphatic rings. The first-order chi connectivity index (χ1) is 10.7. The second-order valence-corrected chi connectivity index (χ2v) is 6.54. The minimum Gasteiger partial charge on any atom is -0.445 e. The molecule has 0 aliphatic heterocycles. The summed E-state index contributed by atoms with van der Waals surface area (Å²) in [6, 6.07) is 18.3. The molecule has 1 aliphatic carbocycles. The van der Waals surface area contributed by atoms with Gasteiger partial charge in [0.05, 0.1) is 0 Å². The van der Waals surface area contributed by atoms with Gasteiger partial charge in [0.25, 0.3) is 0 Å². The summed E-state index contributed by atoms with van der Waals surface area (Å²) in [5.41, 5.74) is 2.32. The minimum absolute atomic E-state index is 0.215. The largest absolute Gasteiger partial charge is 0.445 e. The summed E-state index contributed by atoms with van der Waals surface area (Å²) < 4.78 is 6.34. The number of hydrogen-bond acceptors (Lipinski definition) is 2. The zero-order chi connectivity index (χ0) is 15.4. The molecule has 1 N–H and O–H groups in total. The Morgan fingerprint density at radius 2 is 1.91 bits per heavy atom. The van der Waals surface area contributed by atoms with Crippen LogP contribution in [0.2, 0.25) is 0 Å². The summed E-state index contributed by atoms with van der Waals surface area (Å²) in [5.74, 6) is 0.525. The highest BCUT2D eigenvalue weighted by Crippen LogP contribution is 2.37. The van der Waals surface area contributed by atoms with Gasteiger partial charge in [-0.1, -0.05) is 58.4 Å². The zero-order valence-corrected chi connectivity index (χ0v) is 13.8. The van der Waals surface area contributed by atoms with Crippen molar-refractivity contribution in [2.45, 2.75) is 31.4 Å². The molecule has 3 rings (SSSR count). The van der Waals surface area contributed by atoms with Gasteiger partial charge in [-0.25, -0.2) is 4.79 Å². The number of halogens is 1. The molecule has 1 saturated carbocycles. The van der Waals surface area contributed by atoms with Crippen molar-refractivity contribution in [3.05, 3.63) is 70.2 Å². The topological polar surface area (TPSA) is 38.3 Å². The smallest absolute Gasteiger partial charge is 0.407 e. The van der Waals surface area contributed by atoms with E-state index in [1.165, 1.54) is 5.56 Å². The molecular weight excluding hydrogens is 342 g/mol. The maximum Gasteiger partial charge on any atom is 0.407 e. The Hall–Kier alpha value is -1.81. The third-order valence-corrected chi connectivity index (χ3v) is 4.49. The van der Waals surface area contributed by atoms with Gasteiger partial charge in [-0.2, -0.15) is 0 Å². The van der Waals surface area contributed by atoms with Crippen molar-refractivity contribution in [3.63, 3.8) is 0 Å². The number of amides is 1. The van der Waals surface area contributed by atoms with Crippen LogP contribution < -0.4 is 5.32 Å². The van der Waals surface area contributed by atoms with Crippen LogP contribution in [0.25, 0.3) is 0 Å². The first kappa shape index (κ1) is 15.1. The maximum atomic E-state index is 11.8. The average molecular weight is 360 g/mol. The summed E-state index contributed by atoms with van der Waals surface area (Å²) >= 11 is 3.49. The van der Waals surface area contributed by atoms with Crippen LogP contribution in [0, 0.1) is 0 Å². The van der Waals surface area contributed by atoms with E-state index < -0.39 is 0 Å². The predicted octanol–water partition coefficient (Wildman–Crippen LogP) is 4.62. The molecular formula is C18H18BrNO2. The third kappa shape index (κ3) is 3.89. The number of carbonyl (C=O) groups is 1. The molecule has 0 radical (unpaired) electrons. The Morgan fingerprint density at radius 1 is 1.14 bits per heavy atom. The molecule has 3 nitrogen and oxygen atoms in total. The molecule has 0 heterocycles. The number of hydrogen-bond donors (Lipinski definition) is 1. The molecule has 2 aromatic carbocycles. The van der Waals surface area contributed by atoms with Gasteiger partial charge in [0, 0.05) is 10.5 Å². The van der Waals surface area contributed by atoms with Crippen LogP contribution in [0.4, 0.5) is 4.79 Å². The molecule has 114 valence electrons. The predicted molar refractivity (Wildman–Crippen MR) is 89.7 cm³/mol. The molecule has 0 atom stereocenters. The molecule has 0 saturated heterocycles. The summed E-state index contributed by atoms with van der Waals surface area (Å²) in [6.45, 7) is 0.314. The molecule has 0 bridgehead atoms. The van der Waals surface area contributed by atoms with E-state index in [0.29, 0.717) is 12.5 Å². The van der Waals surface area contributed by atoms with E-state index >= 15 is 0 Å². The first-order valence-electron chi connectivity index (χ1n) is 7.43. The van der Waals surface area contributed by atoms with Crippen molar-refractivity contribution in [2.24, 2.45) is 0 Å². The van der Waals surface area contributed by atoms with E-state index in [0.717, 1.165) is 22.9 Å². The van der Waals surface area contributed by atoms with Crippen molar-refractivity contribution in [2.75, 3.05) is 0 Å². The summed E-state index contributed by atoms with van der Waals surface area (Å²) in [5, 5.41) is 2.93. The summed E-state index contributed by atoms with van der Waals surface area (Å²) in [7, 11) is 0. The number of nitrogens with one attached hydrogen (secondary N) is 1. The van der Waals surface area contributed by atoms with Crippen molar-refractivity contribution >= 4 is 22.0 Å². The Labute approximate surface area is 138 Å². The van der Waals surface area contributed by atoms with Gasteiger partial charge in [-0.3, -0.25) is 0 Å².